The molecule has 18 heavy (non-hydrogen) atoms. The van der Waals surface area contributed by atoms with Crippen molar-refractivity contribution >= 4 is 27.5 Å². The topological polar surface area (TPSA) is 41.1 Å². The maximum atomic E-state index is 11.7. The molecule has 0 fully saturated rings. The molecule has 3 nitrogen and oxygen atoms in total. The van der Waals surface area contributed by atoms with Gasteiger partial charge in [-0.2, -0.15) is 0 Å². The second-order valence-electron chi connectivity index (χ2n) is 4.05. The largest absolute Gasteiger partial charge is 0.374 e. The smallest absolute Gasteiger partial charge is 0.242 e. The number of amides is 1. The first kappa shape index (κ1) is 14.8. The lowest BCUT2D eigenvalue weighted by atomic mass is 10.1. The van der Waals surface area contributed by atoms with Crippen molar-refractivity contribution in [2.24, 2.45) is 0 Å². The van der Waals surface area contributed by atoms with Crippen LogP contribution in [-0.2, 0) is 11.2 Å². The van der Waals surface area contributed by atoms with Gasteiger partial charge in [-0.1, -0.05) is 28.9 Å². The highest BCUT2D eigenvalue weighted by Crippen LogP contribution is 2.22. The Labute approximate surface area is 117 Å². The van der Waals surface area contributed by atoms with Gasteiger partial charge in [0.2, 0.25) is 5.91 Å². The van der Waals surface area contributed by atoms with Crippen molar-refractivity contribution in [3.8, 4) is 0 Å². The zero-order valence-corrected chi connectivity index (χ0v) is 12.4. The number of carbonyl (C=O) groups is 1. The van der Waals surface area contributed by atoms with Gasteiger partial charge in [0.15, 0.2) is 0 Å². The molecule has 0 aliphatic heterocycles. The summed E-state index contributed by atoms with van der Waals surface area (Å²) in [7, 11) is 0. The van der Waals surface area contributed by atoms with Crippen molar-refractivity contribution < 1.29 is 4.79 Å². The molecule has 0 spiro atoms. The molecule has 0 bridgehead atoms. The summed E-state index contributed by atoms with van der Waals surface area (Å²) in [5.74, 6) is -0.0279. The third-order valence-electron chi connectivity index (χ3n) is 2.63. The van der Waals surface area contributed by atoms with Crippen LogP contribution < -0.4 is 10.6 Å². The molecule has 0 aromatic heterocycles. The summed E-state index contributed by atoms with van der Waals surface area (Å²) in [4.78, 5) is 11.7. The minimum Gasteiger partial charge on any atom is -0.374 e. The maximum absolute atomic E-state index is 11.7. The monoisotopic (exact) mass is 310 g/mol. The van der Waals surface area contributed by atoms with E-state index >= 15 is 0 Å². The van der Waals surface area contributed by atoms with Gasteiger partial charge in [0.25, 0.3) is 0 Å². The first-order chi connectivity index (χ1) is 8.58. The Hall–Kier alpha value is -1.29. The molecular formula is C14H19BrN2O. The van der Waals surface area contributed by atoms with E-state index in [-0.39, 0.29) is 11.9 Å². The van der Waals surface area contributed by atoms with E-state index in [0.717, 1.165) is 16.6 Å². The van der Waals surface area contributed by atoms with E-state index in [1.54, 1.807) is 6.08 Å². The number of rotatable bonds is 6. The third-order valence-corrected chi connectivity index (χ3v) is 3.13. The first-order valence-electron chi connectivity index (χ1n) is 6.02. The second kappa shape index (κ2) is 7.21. The molecular weight excluding hydrogens is 292 g/mol. The van der Waals surface area contributed by atoms with Crippen molar-refractivity contribution in [1.82, 2.24) is 5.32 Å². The summed E-state index contributed by atoms with van der Waals surface area (Å²) < 4.78 is 1.05. The summed E-state index contributed by atoms with van der Waals surface area (Å²) in [6, 6.07) is 5.75. The number of aryl methyl sites for hydroxylation is 1. The molecule has 0 saturated heterocycles. The second-order valence-corrected chi connectivity index (χ2v) is 4.97. The fourth-order valence-corrected chi connectivity index (χ4v) is 2.03. The SMILES string of the molecule is C=CCNC(=O)C(C)Nc1ccc(Br)cc1CC. The van der Waals surface area contributed by atoms with Crippen LogP contribution in [0.5, 0.6) is 0 Å². The van der Waals surface area contributed by atoms with E-state index < -0.39 is 0 Å². The Morgan fingerprint density at radius 1 is 1.56 bits per heavy atom. The van der Waals surface area contributed by atoms with E-state index in [1.165, 1.54) is 5.56 Å². The van der Waals surface area contributed by atoms with Gasteiger partial charge >= 0.3 is 0 Å². The van der Waals surface area contributed by atoms with Crippen molar-refractivity contribution in [1.29, 1.82) is 0 Å². The molecule has 0 saturated carbocycles. The Morgan fingerprint density at radius 3 is 2.89 bits per heavy atom. The minimum absolute atomic E-state index is 0.0279. The van der Waals surface area contributed by atoms with E-state index in [1.807, 2.05) is 19.1 Å². The van der Waals surface area contributed by atoms with Crippen molar-refractivity contribution in [2.75, 3.05) is 11.9 Å². The van der Waals surface area contributed by atoms with Crippen LogP contribution in [0.3, 0.4) is 0 Å². The highest BCUT2D eigenvalue weighted by atomic mass is 79.9. The fraction of sp³-hybridized carbons (Fsp3) is 0.357. The number of carbonyl (C=O) groups excluding carboxylic acids is 1. The molecule has 1 amide bonds. The Bertz CT molecular complexity index is 432. The van der Waals surface area contributed by atoms with Crippen molar-refractivity contribution in [2.45, 2.75) is 26.3 Å². The predicted octanol–water partition coefficient (Wildman–Crippen LogP) is 3.11. The lowest BCUT2D eigenvalue weighted by Gasteiger charge is -2.17. The highest BCUT2D eigenvalue weighted by molar-refractivity contribution is 9.10. The van der Waals surface area contributed by atoms with Crippen LogP contribution in [0.2, 0.25) is 0 Å². The zero-order chi connectivity index (χ0) is 13.5. The van der Waals surface area contributed by atoms with Crippen LogP contribution in [0.15, 0.2) is 35.3 Å². The summed E-state index contributed by atoms with van der Waals surface area (Å²) in [6.45, 7) is 8.00. The van der Waals surface area contributed by atoms with Gasteiger partial charge in [-0.25, -0.2) is 0 Å². The van der Waals surface area contributed by atoms with Crippen molar-refractivity contribution in [3.05, 3.63) is 40.9 Å². The van der Waals surface area contributed by atoms with E-state index in [0.29, 0.717) is 6.54 Å². The predicted molar refractivity (Wildman–Crippen MR) is 79.8 cm³/mol. The van der Waals surface area contributed by atoms with Gasteiger partial charge in [-0.15, -0.1) is 6.58 Å². The summed E-state index contributed by atoms with van der Waals surface area (Å²) in [5, 5.41) is 6.00. The molecule has 0 heterocycles. The summed E-state index contributed by atoms with van der Waals surface area (Å²) in [5.41, 5.74) is 2.19. The molecule has 1 atom stereocenters. The van der Waals surface area contributed by atoms with Crippen LogP contribution in [0.25, 0.3) is 0 Å². The first-order valence-corrected chi connectivity index (χ1v) is 6.81. The van der Waals surface area contributed by atoms with Gasteiger partial charge in [0, 0.05) is 16.7 Å². The van der Waals surface area contributed by atoms with Gasteiger partial charge in [-0.05, 0) is 37.1 Å². The van der Waals surface area contributed by atoms with Crippen LogP contribution in [0, 0.1) is 0 Å². The molecule has 1 aromatic rings. The molecule has 0 aliphatic carbocycles. The highest BCUT2D eigenvalue weighted by Gasteiger charge is 2.12. The Kier molecular flexibility index (Phi) is 5.92. The Morgan fingerprint density at radius 2 is 2.28 bits per heavy atom. The summed E-state index contributed by atoms with van der Waals surface area (Å²) >= 11 is 3.45. The Balaban J connectivity index is 2.71. The molecule has 1 aromatic carbocycles. The minimum atomic E-state index is -0.267. The van der Waals surface area contributed by atoms with Crippen LogP contribution in [0.1, 0.15) is 19.4 Å². The van der Waals surface area contributed by atoms with Crippen LogP contribution in [0.4, 0.5) is 5.69 Å². The normalized spacial score (nSPS) is 11.7. The van der Waals surface area contributed by atoms with Gasteiger partial charge < -0.3 is 10.6 Å². The summed E-state index contributed by atoms with van der Waals surface area (Å²) in [6.07, 6.45) is 2.59. The average Bonchev–Trinajstić information content (AvgIpc) is 2.37. The average molecular weight is 311 g/mol. The number of halogens is 1. The molecule has 1 rings (SSSR count). The van der Waals surface area contributed by atoms with E-state index in [2.05, 4.69) is 46.1 Å². The van der Waals surface area contributed by atoms with E-state index in [9.17, 15) is 4.79 Å². The lowest BCUT2D eigenvalue weighted by molar-refractivity contribution is -0.121. The number of benzene rings is 1. The van der Waals surface area contributed by atoms with Gasteiger partial charge in [0.05, 0.1) is 0 Å². The van der Waals surface area contributed by atoms with Crippen LogP contribution in [-0.4, -0.2) is 18.5 Å². The van der Waals surface area contributed by atoms with Crippen LogP contribution >= 0.6 is 15.9 Å². The number of nitrogens with one attached hydrogen (secondary N) is 2. The number of hydrogen-bond donors (Lipinski definition) is 2. The molecule has 1 unspecified atom stereocenters. The van der Waals surface area contributed by atoms with Gasteiger partial charge in [-0.3, -0.25) is 4.79 Å². The molecule has 0 aliphatic rings. The quantitative estimate of drug-likeness (QED) is 0.793. The van der Waals surface area contributed by atoms with E-state index in [4.69, 9.17) is 0 Å². The molecule has 98 valence electrons. The van der Waals surface area contributed by atoms with Crippen molar-refractivity contribution in [3.63, 3.8) is 0 Å². The zero-order valence-electron chi connectivity index (χ0n) is 10.8. The molecule has 0 radical (unpaired) electrons. The molecule has 2 N–H and O–H groups in total. The standard InChI is InChI=1S/C14H19BrN2O/c1-4-8-16-14(18)10(3)17-13-7-6-12(15)9-11(13)5-2/h4,6-7,9-10,17H,1,5,8H2,2-3H3,(H,16,18). The number of anilines is 1. The fourth-order valence-electron chi connectivity index (χ4n) is 1.62. The molecule has 4 heteroatoms. The lowest BCUT2D eigenvalue weighted by Crippen LogP contribution is -2.37. The number of hydrogen-bond acceptors (Lipinski definition) is 2. The maximum Gasteiger partial charge on any atom is 0.242 e. The third kappa shape index (κ3) is 4.18. The van der Waals surface area contributed by atoms with Gasteiger partial charge in [0.1, 0.15) is 6.04 Å².